The summed E-state index contributed by atoms with van der Waals surface area (Å²) in [6.07, 6.45) is 3.85. The Labute approximate surface area is 264 Å². The molecule has 5 rings (SSSR count). The van der Waals surface area contributed by atoms with Crippen molar-refractivity contribution < 1.29 is 14.4 Å². The van der Waals surface area contributed by atoms with E-state index in [1.54, 1.807) is 30.5 Å². The van der Waals surface area contributed by atoms with E-state index in [0.29, 0.717) is 59.2 Å². The lowest BCUT2D eigenvalue weighted by atomic mass is 10.0. The fourth-order valence-electron chi connectivity index (χ4n) is 5.27. The molecule has 0 bridgehead atoms. The number of carbonyl (C=O) groups is 3. The summed E-state index contributed by atoms with van der Waals surface area (Å²) in [6.45, 7) is 3.35. The monoisotopic (exact) mass is 625 g/mol. The number of nitrogens with zero attached hydrogens (tertiary/aromatic N) is 6. The SMILES string of the molecule is Cc1ccc(C(=O)NCCCC(C=O)NC(=O)c2ccc3c(c2)CCN3Cc2cnc3nc(N)nc(N)c3n2)c(/C(N)=N/NN)c1. The van der Waals surface area contributed by atoms with E-state index in [4.69, 9.17) is 23.0 Å². The first kappa shape index (κ1) is 31.5. The molecule has 0 fully saturated rings. The van der Waals surface area contributed by atoms with E-state index in [2.05, 4.69) is 46.1 Å². The van der Waals surface area contributed by atoms with E-state index >= 15 is 0 Å². The van der Waals surface area contributed by atoms with Gasteiger partial charge in [-0.1, -0.05) is 11.6 Å². The van der Waals surface area contributed by atoms with Crippen LogP contribution in [0.25, 0.3) is 11.2 Å². The van der Waals surface area contributed by atoms with Crippen LogP contribution in [0.4, 0.5) is 17.5 Å². The first-order chi connectivity index (χ1) is 22.2. The van der Waals surface area contributed by atoms with Gasteiger partial charge in [0.15, 0.2) is 22.8 Å². The molecule has 1 atom stereocenters. The topological polar surface area (TPSA) is 259 Å². The van der Waals surface area contributed by atoms with E-state index in [1.807, 2.05) is 19.1 Å². The molecule has 238 valence electrons. The number of fused-ring (bicyclic) bond motifs is 2. The van der Waals surface area contributed by atoms with Gasteiger partial charge in [-0.05, 0) is 62.1 Å². The van der Waals surface area contributed by atoms with Crippen LogP contribution in [-0.2, 0) is 17.8 Å². The van der Waals surface area contributed by atoms with E-state index in [-0.39, 0.29) is 36.0 Å². The zero-order valence-electron chi connectivity index (χ0n) is 25.2. The highest BCUT2D eigenvalue weighted by molar-refractivity contribution is 6.08. The van der Waals surface area contributed by atoms with Crippen LogP contribution < -0.4 is 44.1 Å². The van der Waals surface area contributed by atoms with E-state index in [9.17, 15) is 14.4 Å². The third kappa shape index (κ3) is 7.07. The number of amidine groups is 1. The molecule has 0 spiro atoms. The molecule has 2 aromatic heterocycles. The molecular weight excluding hydrogens is 590 g/mol. The van der Waals surface area contributed by atoms with Crippen molar-refractivity contribution in [1.82, 2.24) is 36.1 Å². The number of hydrazine groups is 1. The van der Waals surface area contributed by atoms with E-state index in [1.165, 1.54) is 0 Å². The van der Waals surface area contributed by atoms with Gasteiger partial charge < -0.3 is 37.5 Å². The molecule has 2 aromatic carbocycles. The van der Waals surface area contributed by atoms with Crippen molar-refractivity contribution in [2.24, 2.45) is 16.7 Å². The Morgan fingerprint density at radius 2 is 1.91 bits per heavy atom. The van der Waals surface area contributed by atoms with Gasteiger partial charge in [-0.3, -0.25) is 9.59 Å². The minimum Gasteiger partial charge on any atom is -0.382 e. The zero-order chi connectivity index (χ0) is 32.8. The maximum absolute atomic E-state index is 13.0. The Kier molecular flexibility index (Phi) is 9.47. The number of hydrogen-bond acceptors (Lipinski definition) is 13. The fraction of sp³-hybridized carbons (Fsp3) is 0.267. The Hall–Kier alpha value is -5.90. The number of aryl methyl sites for hydroxylation is 1. The summed E-state index contributed by atoms with van der Waals surface area (Å²) in [6, 6.07) is 9.91. The van der Waals surface area contributed by atoms with E-state index in [0.717, 1.165) is 29.8 Å². The summed E-state index contributed by atoms with van der Waals surface area (Å²) in [5.41, 5.74) is 25.2. The molecule has 0 saturated carbocycles. The molecule has 3 heterocycles. The fourth-order valence-corrected chi connectivity index (χ4v) is 5.27. The average Bonchev–Trinajstić information content (AvgIpc) is 3.44. The van der Waals surface area contributed by atoms with Gasteiger partial charge in [-0.25, -0.2) is 21.3 Å². The van der Waals surface area contributed by atoms with Crippen LogP contribution in [0.5, 0.6) is 0 Å². The maximum atomic E-state index is 13.0. The van der Waals surface area contributed by atoms with Gasteiger partial charge >= 0.3 is 0 Å². The predicted molar refractivity (Wildman–Crippen MR) is 173 cm³/mol. The van der Waals surface area contributed by atoms with Gasteiger partial charge in [0.05, 0.1) is 30.0 Å². The van der Waals surface area contributed by atoms with Crippen molar-refractivity contribution in [3.05, 3.63) is 76.1 Å². The minimum atomic E-state index is -0.722. The molecule has 2 amide bonds. The summed E-state index contributed by atoms with van der Waals surface area (Å²) < 4.78 is 0. The molecule has 16 heteroatoms. The van der Waals surface area contributed by atoms with Crippen LogP contribution in [0.1, 0.15) is 55.9 Å². The molecule has 1 aliphatic rings. The van der Waals surface area contributed by atoms with Gasteiger partial charge in [0, 0.05) is 29.9 Å². The largest absolute Gasteiger partial charge is 0.382 e. The number of benzene rings is 2. The molecule has 0 radical (unpaired) electrons. The van der Waals surface area contributed by atoms with Crippen LogP contribution in [0.15, 0.2) is 47.7 Å². The number of rotatable bonds is 12. The predicted octanol–water partition coefficient (Wildman–Crippen LogP) is 0.0464. The molecule has 0 saturated heterocycles. The molecule has 4 aromatic rings. The lowest BCUT2D eigenvalue weighted by Crippen LogP contribution is -2.37. The second-order valence-electron chi connectivity index (χ2n) is 10.8. The summed E-state index contributed by atoms with van der Waals surface area (Å²) in [4.78, 5) is 56.7. The Morgan fingerprint density at radius 3 is 2.70 bits per heavy atom. The summed E-state index contributed by atoms with van der Waals surface area (Å²) >= 11 is 0. The van der Waals surface area contributed by atoms with E-state index < -0.39 is 6.04 Å². The highest BCUT2D eigenvalue weighted by Crippen LogP contribution is 2.30. The average molecular weight is 626 g/mol. The van der Waals surface area contributed by atoms with Crippen molar-refractivity contribution in [3.63, 3.8) is 0 Å². The van der Waals surface area contributed by atoms with Gasteiger partial charge in [-0.15, -0.1) is 5.10 Å². The number of hydrogen-bond donors (Lipinski definition) is 7. The van der Waals surface area contributed by atoms with Crippen molar-refractivity contribution in [2.75, 3.05) is 29.5 Å². The first-order valence-corrected chi connectivity index (χ1v) is 14.5. The summed E-state index contributed by atoms with van der Waals surface area (Å²) in [5.74, 6) is 4.80. The third-order valence-electron chi connectivity index (χ3n) is 7.53. The summed E-state index contributed by atoms with van der Waals surface area (Å²) in [5, 5.41) is 9.36. The molecule has 1 aliphatic heterocycles. The number of nitrogens with one attached hydrogen (secondary N) is 3. The molecule has 16 nitrogen and oxygen atoms in total. The number of nitrogen functional groups attached to an aromatic ring is 2. The van der Waals surface area contributed by atoms with Crippen molar-refractivity contribution >= 4 is 52.6 Å². The number of anilines is 3. The van der Waals surface area contributed by atoms with Gasteiger partial charge in [0.25, 0.3) is 11.8 Å². The lowest BCUT2D eigenvalue weighted by molar-refractivity contribution is -0.109. The van der Waals surface area contributed by atoms with Crippen molar-refractivity contribution in [2.45, 2.75) is 38.8 Å². The number of amides is 2. The first-order valence-electron chi connectivity index (χ1n) is 14.5. The standard InChI is InChI=1S/C30H35N13O3/c1-16-4-6-21(22(11-16)25(31)41-42-34)29(46)35-9-2-3-19(15-44)38-28(45)18-5-7-23-17(12-18)8-10-43(23)14-20-13-36-27-24(37-20)26(32)39-30(33)40-27/h4-7,11-13,15,19,42H,2-3,8-10,14,34H2,1H3,(H2,31,41)(H,35,46)(H,38,45)(H4,32,33,36,39,40). The van der Waals surface area contributed by atoms with Crippen LogP contribution in [0.2, 0.25) is 0 Å². The van der Waals surface area contributed by atoms with Gasteiger partial charge in [0.2, 0.25) is 5.95 Å². The third-order valence-corrected chi connectivity index (χ3v) is 7.53. The second kappa shape index (κ2) is 13.8. The highest BCUT2D eigenvalue weighted by Gasteiger charge is 2.23. The number of aromatic nitrogens is 4. The van der Waals surface area contributed by atoms with Crippen LogP contribution in [-0.4, -0.2) is 63.0 Å². The minimum absolute atomic E-state index is 0.0379. The molecule has 0 aliphatic carbocycles. The Balaban J connectivity index is 1.14. The van der Waals surface area contributed by atoms with Crippen LogP contribution in [0, 0.1) is 6.92 Å². The van der Waals surface area contributed by atoms with Crippen LogP contribution in [0.3, 0.4) is 0 Å². The van der Waals surface area contributed by atoms with Gasteiger partial charge in [-0.2, -0.15) is 9.97 Å². The molecule has 11 N–H and O–H groups in total. The summed E-state index contributed by atoms with van der Waals surface area (Å²) in [7, 11) is 0. The van der Waals surface area contributed by atoms with Gasteiger partial charge in [0.1, 0.15) is 6.29 Å². The molecule has 46 heavy (non-hydrogen) atoms. The van der Waals surface area contributed by atoms with Crippen LogP contribution >= 0.6 is 0 Å². The number of carbonyl (C=O) groups excluding carboxylic acids is 3. The number of hydrazone groups is 1. The Bertz CT molecular complexity index is 1830. The quantitative estimate of drug-likeness (QED) is 0.0274. The van der Waals surface area contributed by atoms with Crippen molar-refractivity contribution in [1.29, 1.82) is 0 Å². The van der Waals surface area contributed by atoms with Crippen molar-refractivity contribution in [3.8, 4) is 0 Å². The Morgan fingerprint density at radius 1 is 1.09 bits per heavy atom. The molecule has 1 unspecified atom stereocenters. The second-order valence-corrected chi connectivity index (χ2v) is 10.8. The maximum Gasteiger partial charge on any atom is 0.252 e. The normalized spacial score (nSPS) is 13.3. The zero-order valence-corrected chi connectivity index (χ0v) is 25.2. The lowest BCUT2D eigenvalue weighted by Gasteiger charge is -2.19. The number of aldehydes is 1. The number of nitrogens with two attached hydrogens (primary N) is 4. The smallest absolute Gasteiger partial charge is 0.252 e. The highest BCUT2D eigenvalue weighted by atomic mass is 16.2. The molecular formula is C30H35N13O3.